The molecule has 2 aromatic carbocycles. The van der Waals surface area contributed by atoms with E-state index in [-0.39, 0.29) is 43.0 Å². The van der Waals surface area contributed by atoms with Crippen LogP contribution >= 0.6 is 0 Å². The Labute approximate surface area is 217 Å². The van der Waals surface area contributed by atoms with Crippen molar-refractivity contribution in [1.82, 2.24) is 9.88 Å². The van der Waals surface area contributed by atoms with E-state index in [9.17, 15) is 14.4 Å². The molecule has 7 heteroatoms. The van der Waals surface area contributed by atoms with Gasteiger partial charge in [-0.25, -0.2) is 0 Å². The van der Waals surface area contributed by atoms with Gasteiger partial charge in [-0.3, -0.25) is 19.4 Å². The highest BCUT2D eigenvalue weighted by atomic mass is 16.2. The molecule has 4 rings (SSSR count). The third kappa shape index (κ3) is 6.98. The minimum Gasteiger partial charge on any atom is -0.331 e. The van der Waals surface area contributed by atoms with Gasteiger partial charge >= 0.3 is 0 Å². The van der Waals surface area contributed by atoms with Gasteiger partial charge in [0.25, 0.3) is 0 Å². The van der Waals surface area contributed by atoms with Crippen LogP contribution in [-0.4, -0.2) is 40.6 Å². The molecule has 1 aliphatic heterocycles. The van der Waals surface area contributed by atoms with Crippen LogP contribution in [0.3, 0.4) is 0 Å². The van der Waals surface area contributed by atoms with Crippen molar-refractivity contribution in [2.24, 2.45) is 11.7 Å². The number of carbonyl (C=O) groups is 3. The van der Waals surface area contributed by atoms with Crippen molar-refractivity contribution in [2.45, 2.75) is 31.7 Å². The summed E-state index contributed by atoms with van der Waals surface area (Å²) in [5.74, 6) is -0.933. The van der Waals surface area contributed by atoms with E-state index in [4.69, 9.17) is 5.73 Å². The summed E-state index contributed by atoms with van der Waals surface area (Å²) in [6.07, 6.45) is 9.03. The number of aromatic nitrogens is 1. The number of ketones is 1. The number of amides is 2. The Morgan fingerprint density at radius 3 is 2.62 bits per heavy atom. The van der Waals surface area contributed by atoms with Crippen LogP contribution in [0, 0.1) is 5.92 Å². The van der Waals surface area contributed by atoms with Crippen molar-refractivity contribution < 1.29 is 14.4 Å². The topological polar surface area (TPSA) is 105 Å². The number of rotatable bonds is 10. The molecular formula is C30H32N4O3. The number of anilines is 1. The average molecular weight is 497 g/mol. The fraction of sp³-hybridized carbons (Fsp3) is 0.267. The van der Waals surface area contributed by atoms with E-state index in [1.165, 1.54) is 0 Å². The van der Waals surface area contributed by atoms with Gasteiger partial charge in [0, 0.05) is 55.5 Å². The third-order valence-corrected chi connectivity index (χ3v) is 6.50. The van der Waals surface area contributed by atoms with Gasteiger partial charge < -0.3 is 16.0 Å². The molecule has 0 saturated carbocycles. The third-order valence-electron chi connectivity index (χ3n) is 6.50. The molecule has 37 heavy (non-hydrogen) atoms. The van der Waals surface area contributed by atoms with Crippen molar-refractivity contribution in [1.29, 1.82) is 0 Å². The maximum Gasteiger partial charge on any atom is 0.227 e. The van der Waals surface area contributed by atoms with E-state index in [1.807, 2.05) is 53.4 Å². The molecule has 3 aromatic rings. The van der Waals surface area contributed by atoms with E-state index >= 15 is 0 Å². The van der Waals surface area contributed by atoms with Gasteiger partial charge in [0.15, 0.2) is 5.78 Å². The molecule has 0 fully saturated rings. The first-order valence-electron chi connectivity index (χ1n) is 12.6. The summed E-state index contributed by atoms with van der Waals surface area (Å²) in [6, 6.07) is 20.3. The maximum absolute atomic E-state index is 14.0. The number of hydrogen-bond acceptors (Lipinski definition) is 5. The summed E-state index contributed by atoms with van der Waals surface area (Å²) >= 11 is 0. The van der Waals surface area contributed by atoms with Gasteiger partial charge in [0.05, 0.1) is 6.04 Å². The summed E-state index contributed by atoms with van der Waals surface area (Å²) < 4.78 is 0. The lowest BCUT2D eigenvalue weighted by Gasteiger charge is -2.35. The standard InChI is InChI=1S/C30H32N4O3/c31-15-14-29(36)33-26-12-6-10-23(19-26)28(35)20-25(18-22-8-2-1-3-9-22)30(37)34-17-5-4-13-27(34)24-11-7-16-32-21-24/h1-12,16,19,21,25,27H,13-15,17-18,20,31H2,(H,33,36)/t25-,27?/m1/s1. The Morgan fingerprint density at radius 1 is 1.03 bits per heavy atom. The Kier molecular flexibility index (Phi) is 8.94. The lowest BCUT2D eigenvalue weighted by molar-refractivity contribution is -0.137. The van der Waals surface area contributed by atoms with Crippen LogP contribution in [-0.2, 0) is 16.0 Å². The van der Waals surface area contributed by atoms with Crippen LogP contribution in [0.5, 0.6) is 0 Å². The number of benzene rings is 2. The number of nitrogens with one attached hydrogen (secondary N) is 1. The largest absolute Gasteiger partial charge is 0.331 e. The first kappa shape index (κ1) is 26.0. The maximum atomic E-state index is 14.0. The van der Waals surface area contributed by atoms with Gasteiger partial charge in [0.2, 0.25) is 11.8 Å². The molecule has 0 saturated heterocycles. The van der Waals surface area contributed by atoms with Crippen LogP contribution in [0.4, 0.5) is 5.69 Å². The Balaban J connectivity index is 1.57. The predicted molar refractivity (Wildman–Crippen MR) is 144 cm³/mol. The zero-order chi connectivity index (χ0) is 26.0. The molecule has 2 heterocycles. The molecule has 0 radical (unpaired) electrons. The first-order valence-corrected chi connectivity index (χ1v) is 12.6. The van der Waals surface area contributed by atoms with Crippen molar-refractivity contribution in [3.05, 3.63) is 108 Å². The molecular weight excluding hydrogens is 464 g/mol. The summed E-state index contributed by atoms with van der Waals surface area (Å²) in [4.78, 5) is 45.5. The molecule has 0 bridgehead atoms. The lowest BCUT2D eigenvalue weighted by Crippen LogP contribution is -2.42. The number of nitrogens with zero attached hydrogens (tertiary/aromatic N) is 2. The second-order valence-electron chi connectivity index (χ2n) is 9.18. The van der Waals surface area contributed by atoms with E-state index in [0.717, 1.165) is 11.1 Å². The normalized spacial score (nSPS) is 15.7. The molecule has 1 unspecified atom stereocenters. The summed E-state index contributed by atoms with van der Waals surface area (Å²) in [6.45, 7) is 0.736. The van der Waals surface area contributed by atoms with Gasteiger partial charge in [-0.15, -0.1) is 0 Å². The Hall–Kier alpha value is -4.10. The smallest absolute Gasteiger partial charge is 0.227 e. The number of nitrogens with two attached hydrogens (primary N) is 1. The molecule has 2 atom stereocenters. The van der Waals surface area contributed by atoms with E-state index in [2.05, 4.69) is 16.4 Å². The SMILES string of the molecule is NCCC(=O)Nc1cccc(C(=O)C[C@@H](Cc2ccccc2)C(=O)N2CC=CCC2c2cccnc2)c1. The lowest BCUT2D eigenvalue weighted by atomic mass is 9.89. The second kappa shape index (κ2) is 12.7. The molecule has 2 amide bonds. The number of pyridine rings is 1. The van der Waals surface area contributed by atoms with Crippen LogP contribution in [0.1, 0.15) is 46.8 Å². The molecule has 1 aromatic heterocycles. The van der Waals surface area contributed by atoms with Crippen LogP contribution in [0.25, 0.3) is 0 Å². The monoisotopic (exact) mass is 496 g/mol. The molecule has 0 spiro atoms. The number of hydrogen-bond donors (Lipinski definition) is 2. The summed E-state index contributed by atoms with van der Waals surface area (Å²) in [5, 5.41) is 2.77. The predicted octanol–water partition coefficient (Wildman–Crippen LogP) is 4.33. The second-order valence-corrected chi connectivity index (χ2v) is 9.18. The van der Waals surface area contributed by atoms with Crippen LogP contribution < -0.4 is 11.1 Å². The zero-order valence-electron chi connectivity index (χ0n) is 20.8. The van der Waals surface area contributed by atoms with Crippen molar-refractivity contribution >= 4 is 23.3 Å². The van der Waals surface area contributed by atoms with E-state index < -0.39 is 5.92 Å². The van der Waals surface area contributed by atoms with Gasteiger partial charge in [-0.2, -0.15) is 0 Å². The Bertz CT molecular complexity index is 1240. The molecule has 190 valence electrons. The van der Waals surface area contributed by atoms with Crippen molar-refractivity contribution in [3.63, 3.8) is 0 Å². The van der Waals surface area contributed by atoms with Crippen LogP contribution in [0.15, 0.2) is 91.3 Å². The zero-order valence-corrected chi connectivity index (χ0v) is 20.8. The Morgan fingerprint density at radius 2 is 1.86 bits per heavy atom. The number of carbonyl (C=O) groups excluding carboxylic acids is 3. The highest BCUT2D eigenvalue weighted by Gasteiger charge is 2.32. The minimum atomic E-state index is -0.531. The minimum absolute atomic E-state index is 0.0530. The van der Waals surface area contributed by atoms with Crippen molar-refractivity contribution in [3.8, 4) is 0 Å². The van der Waals surface area contributed by atoms with E-state index in [1.54, 1.807) is 36.7 Å². The summed E-state index contributed by atoms with van der Waals surface area (Å²) in [7, 11) is 0. The summed E-state index contributed by atoms with van der Waals surface area (Å²) in [5.41, 5.74) is 8.43. The average Bonchev–Trinajstić information content (AvgIpc) is 2.93. The van der Waals surface area contributed by atoms with E-state index in [0.29, 0.717) is 30.6 Å². The molecule has 0 aliphatic carbocycles. The number of Topliss-reactive ketones (excluding diaryl/α,β-unsaturated/α-hetero) is 1. The van der Waals surface area contributed by atoms with Crippen molar-refractivity contribution in [2.75, 3.05) is 18.4 Å². The molecule has 7 nitrogen and oxygen atoms in total. The fourth-order valence-corrected chi connectivity index (χ4v) is 4.65. The van der Waals surface area contributed by atoms with Gasteiger partial charge in [-0.05, 0) is 42.2 Å². The van der Waals surface area contributed by atoms with Gasteiger partial charge in [0.1, 0.15) is 0 Å². The first-order chi connectivity index (χ1) is 18.0. The quantitative estimate of drug-likeness (QED) is 0.321. The highest BCUT2D eigenvalue weighted by Crippen LogP contribution is 2.30. The van der Waals surface area contributed by atoms with Crippen LogP contribution in [0.2, 0.25) is 0 Å². The fourth-order valence-electron chi connectivity index (χ4n) is 4.65. The molecule has 3 N–H and O–H groups in total. The highest BCUT2D eigenvalue weighted by molar-refractivity contribution is 6.00. The van der Waals surface area contributed by atoms with Gasteiger partial charge in [-0.1, -0.05) is 60.7 Å². The molecule has 1 aliphatic rings.